The van der Waals surface area contributed by atoms with Crippen molar-refractivity contribution in [2.24, 2.45) is 0 Å². The van der Waals surface area contributed by atoms with Crippen molar-refractivity contribution in [2.45, 2.75) is 43.9 Å². The van der Waals surface area contributed by atoms with Gasteiger partial charge in [0.05, 0.1) is 18.7 Å². The molecule has 24 heavy (non-hydrogen) atoms. The van der Waals surface area contributed by atoms with Gasteiger partial charge in [0.2, 0.25) is 0 Å². The third kappa shape index (κ3) is 4.06. The normalized spacial score (nSPS) is 22.2. The van der Waals surface area contributed by atoms with Crippen LogP contribution in [0.15, 0.2) is 30.3 Å². The zero-order chi connectivity index (χ0) is 16.9. The Labute approximate surface area is 146 Å². The van der Waals surface area contributed by atoms with Gasteiger partial charge in [-0.15, -0.1) is 11.3 Å². The number of hydrogen-bond acceptors (Lipinski definition) is 4. The molecule has 3 N–H and O–H groups in total. The van der Waals surface area contributed by atoms with Gasteiger partial charge >= 0.3 is 6.03 Å². The summed E-state index contributed by atoms with van der Waals surface area (Å²) in [6, 6.07) is 9.80. The van der Waals surface area contributed by atoms with Crippen molar-refractivity contribution in [1.29, 1.82) is 0 Å². The lowest BCUT2D eigenvalue weighted by molar-refractivity contribution is 0.0450. The molecule has 3 atom stereocenters. The lowest BCUT2D eigenvalue weighted by Gasteiger charge is -2.31. The van der Waals surface area contributed by atoms with Gasteiger partial charge in [-0.05, 0) is 30.4 Å². The minimum absolute atomic E-state index is 0.0465. The molecular formula is C18H24N2O3S. The monoisotopic (exact) mass is 348 g/mol. The summed E-state index contributed by atoms with van der Waals surface area (Å²) >= 11 is 1.56. The molecule has 1 aromatic carbocycles. The lowest BCUT2D eigenvalue weighted by Crippen LogP contribution is -2.50. The maximum atomic E-state index is 12.1. The molecule has 3 unspecified atom stereocenters. The van der Waals surface area contributed by atoms with E-state index in [1.54, 1.807) is 18.4 Å². The highest BCUT2D eigenvalue weighted by Gasteiger charge is 2.26. The molecule has 3 rings (SSSR count). The third-order valence-corrected chi connectivity index (χ3v) is 5.77. The predicted molar refractivity (Wildman–Crippen MR) is 96.4 cm³/mol. The van der Waals surface area contributed by atoms with Gasteiger partial charge in [-0.2, -0.15) is 0 Å². The number of nitrogens with one attached hydrogen (secondary N) is 2. The molecule has 1 heterocycles. The van der Waals surface area contributed by atoms with Crippen LogP contribution in [0, 0.1) is 0 Å². The van der Waals surface area contributed by atoms with Crippen LogP contribution >= 0.6 is 11.3 Å². The van der Waals surface area contributed by atoms with E-state index in [4.69, 9.17) is 4.74 Å². The molecule has 5 nitrogen and oxygen atoms in total. The molecular weight excluding hydrogens is 324 g/mol. The van der Waals surface area contributed by atoms with Crippen LogP contribution in [0.3, 0.4) is 0 Å². The SMILES string of the molecule is COC1CCCCC1NC(=O)NCC(O)c1cc2ccccc2s1. The Balaban J connectivity index is 1.51. The Morgan fingerprint density at radius 2 is 2.17 bits per heavy atom. The van der Waals surface area contributed by atoms with Crippen LogP contribution in [0.2, 0.25) is 0 Å². The third-order valence-electron chi connectivity index (χ3n) is 4.55. The van der Waals surface area contributed by atoms with Crippen molar-refractivity contribution in [3.8, 4) is 0 Å². The zero-order valence-electron chi connectivity index (χ0n) is 13.8. The molecule has 2 aromatic rings. The number of amides is 2. The average molecular weight is 348 g/mol. The van der Waals surface area contributed by atoms with Crippen LogP contribution in [0.1, 0.15) is 36.7 Å². The van der Waals surface area contributed by atoms with E-state index in [0.717, 1.165) is 40.6 Å². The fourth-order valence-corrected chi connectivity index (χ4v) is 4.27. The molecule has 1 saturated carbocycles. The lowest BCUT2D eigenvalue weighted by atomic mass is 9.92. The maximum absolute atomic E-state index is 12.1. The summed E-state index contributed by atoms with van der Waals surface area (Å²) in [5, 5.41) is 17.2. The number of ether oxygens (including phenoxy) is 1. The van der Waals surface area contributed by atoms with E-state index >= 15 is 0 Å². The zero-order valence-corrected chi connectivity index (χ0v) is 14.6. The van der Waals surface area contributed by atoms with Crippen molar-refractivity contribution in [1.82, 2.24) is 10.6 Å². The van der Waals surface area contributed by atoms with Crippen LogP contribution < -0.4 is 10.6 Å². The van der Waals surface area contributed by atoms with Crippen LogP contribution in [0.25, 0.3) is 10.1 Å². The number of urea groups is 1. The van der Waals surface area contributed by atoms with Gasteiger partial charge in [0, 0.05) is 16.7 Å². The Morgan fingerprint density at radius 1 is 1.38 bits per heavy atom. The van der Waals surface area contributed by atoms with Crippen molar-refractivity contribution in [2.75, 3.05) is 13.7 Å². The Hall–Kier alpha value is -1.63. The molecule has 0 radical (unpaired) electrons. The van der Waals surface area contributed by atoms with Crippen molar-refractivity contribution in [3.63, 3.8) is 0 Å². The molecule has 0 spiro atoms. The van der Waals surface area contributed by atoms with Crippen molar-refractivity contribution >= 4 is 27.5 Å². The Morgan fingerprint density at radius 3 is 2.96 bits per heavy atom. The molecule has 1 fully saturated rings. The van der Waals surface area contributed by atoms with Gasteiger partial charge in [-0.25, -0.2) is 4.79 Å². The highest BCUT2D eigenvalue weighted by atomic mass is 32.1. The number of rotatable bonds is 5. The largest absolute Gasteiger partial charge is 0.386 e. The van der Waals surface area contributed by atoms with Crippen LogP contribution in [-0.2, 0) is 4.74 Å². The first-order valence-electron chi connectivity index (χ1n) is 8.41. The number of hydrogen-bond donors (Lipinski definition) is 3. The highest BCUT2D eigenvalue weighted by molar-refractivity contribution is 7.19. The molecule has 6 heteroatoms. The topological polar surface area (TPSA) is 70.6 Å². The fourth-order valence-electron chi connectivity index (χ4n) is 3.22. The van der Waals surface area contributed by atoms with E-state index in [1.165, 1.54) is 0 Å². The predicted octanol–water partition coefficient (Wildman–Crippen LogP) is 3.19. The molecule has 1 aliphatic rings. The molecule has 0 saturated heterocycles. The number of methoxy groups -OCH3 is 1. The van der Waals surface area contributed by atoms with E-state index in [0.29, 0.717) is 0 Å². The second-order valence-electron chi connectivity index (χ2n) is 6.22. The minimum atomic E-state index is -0.697. The first kappa shape index (κ1) is 17.2. The van der Waals surface area contributed by atoms with E-state index in [1.807, 2.05) is 30.3 Å². The summed E-state index contributed by atoms with van der Waals surface area (Å²) in [6.45, 7) is 0.197. The fraction of sp³-hybridized carbons (Fsp3) is 0.500. The van der Waals surface area contributed by atoms with Gasteiger partial charge in [0.15, 0.2) is 0 Å². The molecule has 130 valence electrons. The minimum Gasteiger partial charge on any atom is -0.386 e. The summed E-state index contributed by atoms with van der Waals surface area (Å²) in [5.74, 6) is 0. The van der Waals surface area contributed by atoms with E-state index in [2.05, 4.69) is 10.6 Å². The van der Waals surface area contributed by atoms with Crippen LogP contribution in [0.5, 0.6) is 0 Å². The number of thiophene rings is 1. The first-order valence-corrected chi connectivity index (χ1v) is 9.22. The first-order chi connectivity index (χ1) is 11.7. The molecule has 0 bridgehead atoms. The molecule has 2 amide bonds. The van der Waals surface area contributed by atoms with Gasteiger partial charge in [0.25, 0.3) is 0 Å². The van der Waals surface area contributed by atoms with Gasteiger partial charge in [-0.3, -0.25) is 0 Å². The highest BCUT2D eigenvalue weighted by Crippen LogP contribution is 2.29. The molecule has 1 aromatic heterocycles. The van der Waals surface area contributed by atoms with Crippen LogP contribution in [0.4, 0.5) is 4.79 Å². The number of benzene rings is 1. The van der Waals surface area contributed by atoms with Gasteiger partial charge in [0.1, 0.15) is 6.10 Å². The average Bonchev–Trinajstić information content (AvgIpc) is 3.04. The quantitative estimate of drug-likeness (QED) is 0.777. The van der Waals surface area contributed by atoms with Gasteiger partial charge in [-0.1, -0.05) is 31.0 Å². The molecule has 1 aliphatic carbocycles. The summed E-state index contributed by atoms with van der Waals surface area (Å²) in [7, 11) is 1.69. The second-order valence-corrected chi connectivity index (χ2v) is 7.34. The smallest absolute Gasteiger partial charge is 0.315 e. The number of carbonyl (C=O) groups excluding carboxylic acids is 1. The Kier molecular flexibility index (Phi) is 5.71. The molecule has 0 aliphatic heterocycles. The standard InChI is InChI=1S/C18H24N2O3S/c1-23-15-8-4-3-7-13(15)20-18(22)19-11-14(21)17-10-12-6-2-5-9-16(12)24-17/h2,5-6,9-10,13-15,21H,3-4,7-8,11H2,1H3,(H2,19,20,22). The van der Waals surface area contributed by atoms with E-state index in [9.17, 15) is 9.90 Å². The van der Waals surface area contributed by atoms with Gasteiger partial charge < -0.3 is 20.5 Å². The number of fused-ring (bicyclic) bond motifs is 1. The Bertz CT molecular complexity index is 655. The second kappa shape index (κ2) is 7.96. The summed E-state index contributed by atoms with van der Waals surface area (Å²) in [6.07, 6.45) is 3.55. The van der Waals surface area contributed by atoms with Crippen LogP contribution in [-0.4, -0.2) is 36.9 Å². The van der Waals surface area contributed by atoms with E-state index in [-0.39, 0.29) is 24.7 Å². The van der Waals surface area contributed by atoms with Crippen molar-refractivity contribution in [3.05, 3.63) is 35.2 Å². The maximum Gasteiger partial charge on any atom is 0.315 e. The van der Waals surface area contributed by atoms with Crippen molar-refractivity contribution < 1.29 is 14.6 Å². The summed E-state index contributed by atoms with van der Waals surface area (Å²) < 4.78 is 6.58. The summed E-state index contributed by atoms with van der Waals surface area (Å²) in [4.78, 5) is 13.0. The van der Waals surface area contributed by atoms with E-state index < -0.39 is 6.10 Å². The number of carbonyl (C=O) groups is 1. The number of aliphatic hydroxyl groups excluding tert-OH is 1. The summed E-state index contributed by atoms with van der Waals surface area (Å²) in [5.41, 5.74) is 0. The number of aliphatic hydroxyl groups is 1.